The quantitative estimate of drug-likeness (QED) is 0.241. The molecule has 0 amide bonds. The smallest absolute Gasteiger partial charge is 0.303 e. The third kappa shape index (κ3) is 8.07. The molecular formula is C34H44N2O5S. The van der Waals surface area contributed by atoms with E-state index in [0.29, 0.717) is 30.9 Å². The summed E-state index contributed by atoms with van der Waals surface area (Å²) in [5.41, 5.74) is 6.15. The van der Waals surface area contributed by atoms with Gasteiger partial charge in [-0.3, -0.25) is 4.79 Å². The molecule has 3 aromatic rings. The minimum Gasteiger partial charge on any atom is -0.481 e. The van der Waals surface area contributed by atoms with Gasteiger partial charge in [-0.05, 0) is 97.4 Å². The fraction of sp³-hybridized carbons (Fsp3) is 0.441. The number of aliphatic carboxylic acids is 1. The predicted molar refractivity (Wildman–Crippen MR) is 167 cm³/mol. The first-order chi connectivity index (χ1) is 19.9. The van der Waals surface area contributed by atoms with Crippen LogP contribution >= 0.6 is 0 Å². The zero-order valence-electron chi connectivity index (χ0n) is 25.1. The van der Waals surface area contributed by atoms with E-state index in [2.05, 4.69) is 43.4 Å². The minimum absolute atomic E-state index is 0.0109. The van der Waals surface area contributed by atoms with E-state index in [9.17, 15) is 18.3 Å². The molecule has 1 aliphatic carbocycles. The second kappa shape index (κ2) is 13.5. The van der Waals surface area contributed by atoms with Crippen LogP contribution < -0.4 is 5.32 Å². The van der Waals surface area contributed by atoms with E-state index in [1.165, 1.54) is 22.5 Å². The lowest BCUT2D eigenvalue weighted by Gasteiger charge is -2.31. The third-order valence-electron chi connectivity index (χ3n) is 8.26. The Balaban J connectivity index is 1.35. The standard InChI is InChI=1S/C34H44N2O5S/c1-5-26-20-30(27-13-10-24(11-14-27)12-17-33(38)39)15-16-32(26)42(40,41)36(4)23-31(37)22-35-34(2,3)21-25-18-28-8-6-7-9-29(28)19-25/h6-11,13-16,20,25,31,35,37H,5,12,17-19,21-23H2,1-4H3,(H,38,39). The SMILES string of the molecule is CCc1cc(-c2ccc(CCC(=O)O)cc2)ccc1S(=O)(=O)N(C)CC(O)CNC(C)(C)CC1Cc2ccccc2C1. The summed E-state index contributed by atoms with van der Waals surface area (Å²) < 4.78 is 28.3. The number of fused-ring (bicyclic) bond motifs is 1. The lowest BCUT2D eigenvalue weighted by atomic mass is 9.88. The van der Waals surface area contributed by atoms with Gasteiger partial charge in [-0.1, -0.05) is 61.5 Å². The summed E-state index contributed by atoms with van der Waals surface area (Å²) in [4.78, 5) is 11.1. The largest absolute Gasteiger partial charge is 0.481 e. The maximum Gasteiger partial charge on any atom is 0.303 e. The van der Waals surface area contributed by atoms with Gasteiger partial charge in [-0.15, -0.1) is 0 Å². The molecule has 1 aliphatic rings. The Morgan fingerprint density at radius 1 is 1.02 bits per heavy atom. The average Bonchev–Trinajstić information content (AvgIpc) is 3.36. The molecule has 0 aromatic heterocycles. The number of aliphatic hydroxyl groups is 1. The molecule has 1 atom stereocenters. The first kappa shape index (κ1) is 31.9. The summed E-state index contributed by atoms with van der Waals surface area (Å²) in [5, 5.41) is 23.2. The van der Waals surface area contributed by atoms with E-state index >= 15 is 0 Å². The maximum absolute atomic E-state index is 13.6. The molecule has 0 heterocycles. The van der Waals surface area contributed by atoms with Gasteiger partial charge in [0, 0.05) is 32.1 Å². The number of hydrogen-bond acceptors (Lipinski definition) is 5. The molecule has 1 unspecified atom stereocenters. The van der Waals surface area contributed by atoms with E-state index in [1.807, 2.05) is 37.3 Å². The van der Waals surface area contributed by atoms with Crippen molar-refractivity contribution in [1.29, 1.82) is 0 Å². The second-order valence-corrected chi connectivity index (χ2v) is 14.2. The van der Waals surface area contributed by atoms with E-state index in [-0.39, 0.29) is 23.4 Å². The Morgan fingerprint density at radius 3 is 2.24 bits per heavy atom. The molecule has 0 saturated heterocycles. The molecule has 8 heteroatoms. The zero-order valence-corrected chi connectivity index (χ0v) is 26.0. The number of hydrogen-bond donors (Lipinski definition) is 3. The number of aryl methyl sites for hydroxylation is 2. The van der Waals surface area contributed by atoms with E-state index < -0.39 is 22.1 Å². The Morgan fingerprint density at radius 2 is 1.64 bits per heavy atom. The van der Waals surface area contributed by atoms with Gasteiger partial charge in [0.1, 0.15) is 0 Å². The molecule has 3 N–H and O–H groups in total. The first-order valence-corrected chi connectivity index (χ1v) is 16.2. The van der Waals surface area contributed by atoms with Crippen LogP contribution in [0.25, 0.3) is 11.1 Å². The highest BCUT2D eigenvalue weighted by Crippen LogP contribution is 2.32. The Kier molecular flexibility index (Phi) is 10.3. The molecular weight excluding hydrogens is 548 g/mol. The lowest BCUT2D eigenvalue weighted by Crippen LogP contribution is -2.47. The van der Waals surface area contributed by atoms with Crippen molar-refractivity contribution < 1.29 is 23.4 Å². The number of β-amino-alcohol motifs (C(OH)–C–C–N with tert-alkyl or cyclic N) is 1. The molecule has 226 valence electrons. The molecule has 42 heavy (non-hydrogen) atoms. The van der Waals surface area contributed by atoms with Crippen molar-refractivity contribution in [3.63, 3.8) is 0 Å². The molecule has 0 spiro atoms. The van der Waals surface area contributed by atoms with Crippen LogP contribution in [0.2, 0.25) is 0 Å². The van der Waals surface area contributed by atoms with E-state index in [1.54, 1.807) is 12.1 Å². The first-order valence-electron chi connectivity index (χ1n) is 14.8. The topological polar surface area (TPSA) is 107 Å². The number of carboxylic acid groups (broad SMARTS) is 1. The van der Waals surface area contributed by atoms with Gasteiger partial charge in [-0.2, -0.15) is 4.31 Å². The molecule has 0 radical (unpaired) electrons. The van der Waals surface area contributed by atoms with Gasteiger partial charge in [0.05, 0.1) is 11.0 Å². The number of sulfonamides is 1. The van der Waals surface area contributed by atoms with Crippen molar-refractivity contribution in [2.45, 2.75) is 75.8 Å². The van der Waals surface area contributed by atoms with Gasteiger partial charge in [0.15, 0.2) is 0 Å². The molecule has 4 rings (SSSR count). The molecule has 0 aliphatic heterocycles. The number of carboxylic acids is 1. The highest BCUT2D eigenvalue weighted by Gasteiger charge is 2.30. The van der Waals surface area contributed by atoms with Crippen molar-refractivity contribution >= 4 is 16.0 Å². The minimum atomic E-state index is -3.81. The summed E-state index contributed by atoms with van der Waals surface area (Å²) in [6.45, 7) is 6.50. The third-order valence-corrected chi connectivity index (χ3v) is 10.2. The van der Waals surface area contributed by atoms with Crippen molar-refractivity contribution in [2.24, 2.45) is 5.92 Å². The van der Waals surface area contributed by atoms with Crippen LogP contribution in [-0.2, 0) is 40.5 Å². The normalized spacial score (nSPS) is 14.7. The number of nitrogens with zero attached hydrogens (tertiary/aromatic N) is 1. The summed E-state index contributed by atoms with van der Waals surface area (Å²) in [5.74, 6) is -0.276. The molecule has 0 saturated carbocycles. The molecule has 3 aromatic carbocycles. The highest BCUT2D eigenvalue weighted by atomic mass is 32.2. The second-order valence-electron chi connectivity index (χ2n) is 12.2. The molecule has 0 bridgehead atoms. The zero-order chi connectivity index (χ0) is 30.5. The van der Waals surface area contributed by atoms with Crippen LogP contribution in [0.15, 0.2) is 71.6 Å². The number of nitrogens with one attached hydrogen (secondary N) is 1. The van der Waals surface area contributed by atoms with Gasteiger partial charge in [0.25, 0.3) is 0 Å². The van der Waals surface area contributed by atoms with Crippen LogP contribution in [0.1, 0.15) is 55.9 Å². The van der Waals surface area contributed by atoms with Crippen LogP contribution in [-0.4, -0.2) is 60.7 Å². The average molecular weight is 593 g/mol. The fourth-order valence-electron chi connectivity index (χ4n) is 6.01. The summed E-state index contributed by atoms with van der Waals surface area (Å²) >= 11 is 0. The number of likely N-dealkylation sites (N-methyl/N-ethyl adjacent to an activating group) is 1. The Bertz CT molecular complexity index is 1460. The Hall–Kier alpha value is -3.04. The van der Waals surface area contributed by atoms with Crippen molar-refractivity contribution in [1.82, 2.24) is 9.62 Å². The summed E-state index contributed by atoms with van der Waals surface area (Å²) in [7, 11) is -2.29. The van der Waals surface area contributed by atoms with Crippen molar-refractivity contribution in [3.05, 3.63) is 89.0 Å². The fourth-order valence-corrected chi connectivity index (χ4v) is 7.49. The van der Waals surface area contributed by atoms with Gasteiger partial charge in [0.2, 0.25) is 10.0 Å². The maximum atomic E-state index is 13.6. The van der Waals surface area contributed by atoms with Gasteiger partial charge < -0.3 is 15.5 Å². The van der Waals surface area contributed by atoms with E-state index in [4.69, 9.17) is 5.11 Å². The number of rotatable bonds is 14. The van der Waals surface area contributed by atoms with Gasteiger partial charge in [-0.25, -0.2) is 8.42 Å². The highest BCUT2D eigenvalue weighted by molar-refractivity contribution is 7.89. The lowest BCUT2D eigenvalue weighted by molar-refractivity contribution is -0.136. The van der Waals surface area contributed by atoms with Gasteiger partial charge >= 0.3 is 5.97 Å². The number of carbonyl (C=O) groups is 1. The van der Waals surface area contributed by atoms with Crippen LogP contribution in [0, 0.1) is 5.92 Å². The predicted octanol–water partition coefficient (Wildman–Crippen LogP) is 5.09. The number of benzene rings is 3. The van der Waals surface area contributed by atoms with Crippen LogP contribution in [0.5, 0.6) is 0 Å². The Labute approximate surface area is 250 Å². The number of aliphatic hydroxyl groups excluding tert-OH is 1. The summed E-state index contributed by atoms with van der Waals surface area (Å²) in [6.07, 6.45) is 3.35. The molecule has 0 fully saturated rings. The van der Waals surface area contributed by atoms with Crippen LogP contribution in [0.4, 0.5) is 0 Å². The monoisotopic (exact) mass is 592 g/mol. The molecule has 7 nitrogen and oxygen atoms in total. The van der Waals surface area contributed by atoms with Crippen LogP contribution in [0.3, 0.4) is 0 Å². The summed E-state index contributed by atoms with van der Waals surface area (Å²) in [6, 6.07) is 21.6. The van der Waals surface area contributed by atoms with E-state index in [0.717, 1.165) is 36.0 Å². The van der Waals surface area contributed by atoms with Crippen molar-refractivity contribution in [3.8, 4) is 11.1 Å². The van der Waals surface area contributed by atoms with Crippen molar-refractivity contribution in [2.75, 3.05) is 20.1 Å².